The first-order valence-electron chi connectivity index (χ1n) is 11.1. The zero-order valence-electron chi connectivity index (χ0n) is 19.1. The van der Waals surface area contributed by atoms with Crippen LogP contribution in [0.2, 0.25) is 0 Å². The number of aryl methyl sites for hydroxylation is 1. The molecule has 1 aliphatic carbocycles. The van der Waals surface area contributed by atoms with Crippen molar-refractivity contribution in [1.29, 1.82) is 0 Å². The normalized spacial score (nSPS) is 20.5. The van der Waals surface area contributed by atoms with Gasteiger partial charge in [0, 0.05) is 17.8 Å². The van der Waals surface area contributed by atoms with Crippen molar-refractivity contribution in [2.24, 2.45) is 0 Å². The first kappa shape index (κ1) is 24.3. The fraction of sp³-hybridized carbons (Fsp3) is 0.682. The highest BCUT2D eigenvalue weighted by Gasteiger charge is 2.39. The Bertz CT molecular complexity index is 990. The third kappa shape index (κ3) is 5.33. The summed E-state index contributed by atoms with van der Waals surface area (Å²) in [5.41, 5.74) is 1.26. The van der Waals surface area contributed by atoms with E-state index in [0.29, 0.717) is 17.7 Å². The maximum atomic E-state index is 13.0. The number of esters is 2. The Morgan fingerprint density at radius 3 is 2.28 bits per heavy atom. The lowest BCUT2D eigenvalue weighted by Gasteiger charge is -2.33. The number of carbonyl (C=O) groups excluding carboxylic acids is 3. The van der Waals surface area contributed by atoms with Crippen molar-refractivity contribution in [2.45, 2.75) is 78.0 Å². The predicted octanol–water partition coefficient (Wildman–Crippen LogP) is 2.31. The second-order valence-corrected chi connectivity index (χ2v) is 11.2. The number of aromatic nitrogens is 1. The number of ether oxygens (including phenoxy) is 2. The van der Waals surface area contributed by atoms with Gasteiger partial charge in [0.1, 0.15) is 5.69 Å². The van der Waals surface area contributed by atoms with E-state index in [4.69, 9.17) is 9.47 Å². The molecule has 2 fully saturated rings. The Labute approximate surface area is 188 Å². The van der Waals surface area contributed by atoms with E-state index in [-0.39, 0.29) is 46.9 Å². The molecule has 3 rings (SSSR count). The molecular weight excluding hydrogens is 436 g/mol. The lowest BCUT2D eigenvalue weighted by molar-refractivity contribution is -0.139. The zero-order chi connectivity index (χ0) is 23.6. The minimum atomic E-state index is -3.15. The van der Waals surface area contributed by atoms with Gasteiger partial charge in [-0.05, 0) is 52.5 Å². The number of carbonyl (C=O) groups is 3. The van der Waals surface area contributed by atoms with Crippen molar-refractivity contribution in [3.8, 4) is 0 Å². The molecule has 9 nitrogen and oxygen atoms in total. The van der Waals surface area contributed by atoms with Crippen LogP contribution in [0.1, 0.15) is 78.1 Å². The molecule has 1 saturated heterocycles. The summed E-state index contributed by atoms with van der Waals surface area (Å²) in [5, 5.41) is 0. The molecule has 1 aromatic heterocycles. The van der Waals surface area contributed by atoms with Crippen LogP contribution in [-0.2, 0) is 24.1 Å². The third-order valence-electron chi connectivity index (χ3n) is 6.12. The minimum absolute atomic E-state index is 0.0219. The van der Waals surface area contributed by atoms with Gasteiger partial charge in [0.05, 0.1) is 23.2 Å². The highest BCUT2D eigenvalue weighted by atomic mass is 32.2. The van der Waals surface area contributed by atoms with Crippen molar-refractivity contribution in [1.82, 2.24) is 9.88 Å². The molecular formula is C22H32N2O7S. The Balaban J connectivity index is 1.70. The monoisotopic (exact) mass is 468 g/mol. The van der Waals surface area contributed by atoms with Crippen LogP contribution in [0.5, 0.6) is 0 Å². The molecule has 1 N–H and O–H groups in total. The molecule has 1 amide bonds. The number of amides is 1. The molecule has 1 saturated carbocycles. The first-order valence-corrected chi connectivity index (χ1v) is 12.9. The summed E-state index contributed by atoms with van der Waals surface area (Å²) >= 11 is 0. The van der Waals surface area contributed by atoms with Crippen LogP contribution in [0.4, 0.5) is 0 Å². The fourth-order valence-corrected chi connectivity index (χ4v) is 6.40. The van der Waals surface area contributed by atoms with Gasteiger partial charge < -0.3 is 19.4 Å². The van der Waals surface area contributed by atoms with Gasteiger partial charge in [0.15, 0.2) is 16.4 Å². The van der Waals surface area contributed by atoms with E-state index in [0.717, 1.165) is 25.7 Å². The van der Waals surface area contributed by atoms with E-state index >= 15 is 0 Å². The topological polar surface area (TPSA) is 123 Å². The van der Waals surface area contributed by atoms with Crippen molar-refractivity contribution in [3.63, 3.8) is 0 Å². The average molecular weight is 469 g/mol. The van der Waals surface area contributed by atoms with Crippen molar-refractivity contribution < 1.29 is 32.3 Å². The molecule has 1 aliphatic heterocycles. The van der Waals surface area contributed by atoms with Gasteiger partial charge in [-0.15, -0.1) is 0 Å². The summed E-state index contributed by atoms with van der Waals surface area (Å²) in [6.45, 7) is 6.28. The maximum Gasteiger partial charge on any atom is 0.355 e. The lowest BCUT2D eigenvalue weighted by atomic mass is 10.1. The van der Waals surface area contributed by atoms with Crippen LogP contribution in [-0.4, -0.2) is 72.4 Å². The molecule has 1 aromatic rings. The molecule has 0 unspecified atom stereocenters. The van der Waals surface area contributed by atoms with Crippen LogP contribution in [0.15, 0.2) is 0 Å². The number of hydrogen-bond donors (Lipinski definition) is 1. The molecule has 32 heavy (non-hydrogen) atoms. The number of aromatic amines is 1. The van der Waals surface area contributed by atoms with Crippen molar-refractivity contribution in [2.75, 3.05) is 18.1 Å². The van der Waals surface area contributed by atoms with Crippen LogP contribution in [0.3, 0.4) is 0 Å². The van der Waals surface area contributed by atoms with Crippen molar-refractivity contribution >= 4 is 27.7 Å². The molecule has 0 spiro atoms. The van der Waals surface area contributed by atoms with Crippen LogP contribution in [0, 0.1) is 13.8 Å². The zero-order valence-corrected chi connectivity index (χ0v) is 19.9. The first-order chi connectivity index (χ1) is 15.0. The third-order valence-corrected chi connectivity index (χ3v) is 7.87. The second kappa shape index (κ2) is 9.64. The molecule has 178 valence electrons. The van der Waals surface area contributed by atoms with Gasteiger partial charge in [-0.1, -0.05) is 12.8 Å². The standard InChI is InChI=1S/C22H32N2O7S/c1-13(2)31-21(26)19-14(3)20(23-15(19)4)22(27)30-11-18(25)24(16-7-5-6-8-16)17-9-10-32(28,29)12-17/h13,16-17,23H,5-12H2,1-4H3/t17-/m1/s1. The van der Waals surface area contributed by atoms with Gasteiger partial charge in [-0.2, -0.15) is 0 Å². The van der Waals surface area contributed by atoms with Crippen LogP contribution >= 0.6 is 0 Å². The van der Waals surface area contributed by atoms with Gasteiger partial charge in [-0.3, -0.25) is 4.79 Å². The summed E-state index contributed by atoms with van der Waals surface area (Å²) in [7, 11) is -3.15. The Morgan fingerprint density at radius 2 is 1.72 bits per heavy atom. The minimum Gasteiger partial charge on any atom is -0.459 e. The van der Waals surface area contributed by atoms with E-state index in [1.54, 1.807) is 32.6 Å². The number of nitrogens with one attached hydrogen (secondary N) is 1. The summed E-state index contributed by atoms with van der Waals surface area (Å²) < 4.78 is 34.4. The van der Waals surface area contributed by atoms with E-state index in [2.05, 4.69) is 4.98 Å². The molecule has 2 heterocycles. The predicted molar refractivity (Wildman–Crippen MR) is 117 cm³/mol. The van der Waals surface area contributed by atoms with E-state index < -0.39 is 28.4 Å². The molecule has 0 bridgehead atoms. The highest BCUT2D eigenvalue weighted by molar-refractivity contribution is 7.91. The van der Waals surface area contributed by atoms with Crippen molar-refractivity contribution in [3.05, 3.63) is 22.5 Å². The maximum absolute atomic E-state index is 13.0. The summed E-state index contributed by atoms with van der Waals surface area (Å²) in [6.07, 6.45) is 3.74. The summed E-state index contributed by atoms with van der Waals surface area (Å²) in [6, 6.07) is -0.396. The molecule has 0 radical (unpaired) electrons. The highest BCUT2D eigenvalue weighted by Crippen LogP contribution is 2.29. The molecule has 10 heteroatoms. The average Bonchev–Trinajstić information content (AvgIpc) is 3.40. The van der Waals surface area contributed by atoms with E-state index in [9.17, 15) is 22.8 Å². The Morgan fingerprint density at radius 1 is 1.06 bits per heavy atom. The SMILES string of the molecule is Cc1[nH]c(C(=O)OCC(=O)N(C2CCCC2)[C@@H]2CCS(=O)(=O)C2)c(C)c1C(=O)OC(C)C. The largest absolute Gasteiger partial charge is 0.459 e. The number of sulfone groups is 1. The Hall–Kier alpha value is -2.36. The van der Waals surface area contributed by atoms with Gasteiger partial charge in [0.2, 0.25) is 0 Å². The fourth-order valence-electron chi connectivity index (χ4n) is 4.69. The van der Waals surface area contributed by atoms with Gasteiger partial charge >= 0.3 is 11.9 Å². The Kier molecular flexibility index (Phi) is 7.32. The second-order valence-electron chi connectivity index (χ2n) is 8.95. The van der Waals surface area contributed by atoms with E-state index in [1.807, 2.05) is 0 Å². The number of nitrogens with zero attached hydrogens (tertiary/aromatic N) is 1. The summed E-state index contributed by atoms with van der Waals surface area (Å²) in [5.74, 6) is -1.62. The van der Waals surface area contributed by atoms with E-state index in [1.165, 1.54) is 0 Å². The molecule has 1 atom stereocenters. The summed E-state index contributed by atoms with van der Waals surface area (Å²) in [4.78, 5) is 42.5. The van der Waals surface area contributed by atoms with Gasteiger partial charge in [0.25, 0.3) is 5.91 Å². The number of rotatable bonds is 7. The molecule has 0 aromatic carbocycles. The van der Waals surface area contributed by atoms with Crippen LogP contribution < -0.4 is 0 Å². The number of H-pyrrole nitrogens is 1. The smallest absolute Gasteiger partial charge is 0.355 e. The lowest BCUT2D eigenvalue weighted by Crippen LogP contribution is -2.48. The molecule has 2 aliphatic rings. The quantitative estimate of drug-likeness (QED) is 0.609. The van der Waals surface area contributed by atoms with Gasteiger partial charge in [-0.25, -0.2) is 18.0 Å². The van der Waals surface area contributed by atoms with Crippen LogP contribution in [0.25, 0.3) is 0 Å². The number of hydrogen-bond acceptors (Lipinski definition) is 7.